The molecular formula is C22H32N6. The van der Waals surface area contributed by atoms with Crippen LogP contribution >= 0.6 is 0 Å². The second-order valence-electron chi connectivity index (χ2n) is 8.41. The number of likely N-dealkylation sites (tertiary alicyclic amines) is 1. The van der Waals surface area contributed by atoms with Gasteiger partial charge in [0.25, 0.3) is 0 Å². The number of hydrogen-bond acceptors (Lipinski definition) is 3. The largest absolute Gasteiger partial charge is 0.357 e. The van der Waals surface area contributed by atoms with Crippen molar-refractivity contribution in [1.29, 1.82) is 0 Å². The van der Waals surface area contributed by atoms with Gasteiger partial charge in [0.2, 0.25) is 0 Å². The van der Waals surface area contributed by atoms with E-state index in [1.54, 1.807) is 0 Å². The van der Waals surface area contributed by atoms with E-state index in [9.17, 15) is 0 Å². The molecule has 2 aliphatic rings. The van der Waals surface area contributed by atoms with Crippen LogP contribution in [-0.2, 0) is 6.54 Å². The fourth-order valence-electron chi connectivity index (χ4n) is 4.74. The molecule has 4 rings (SSSR count). The Morgan fingerprint density at radius 1 is 1.21 bits per heavy atom. The molecule has 0 amide bonds. The second-order valence-corrected chi connectivity index (χ2v) is 8.41. The molecule has 1 aliphatic carbocycles. The quantitative estimate of drug-likeness (QED) is 0.650. The number of nitrogens with zero attached hydrogens (tertiary/aromatic N) is 5. The first kappa shape index (κ1) is 19.0. The van der Waals surface area contributed by atoms with Crippen LogP contribution in [0.1, 0.15) is 56.0 Å². The van der Waals surface area contributed by atoms with Crippen molar-refractivity contribution in [3.05, 3.63) is 41.3 Å². The lowest BCUT2D eigenvalue weighted by Gasteiger charge is -2.26. The SMILES string of the molecule is CCNC(=NCc1ccc(-n2nc(C)cc2C)nc1)N1CCC2(CCCC2)C1. The molecule has 1 saturated carbocycles. The Bertz CT molecular complexity index is 829. The van der Waals surface area contributed by atoms with Crippen LogP contribution in [0, 0.1) is 19.3 Å². The molecule has 0 bridgehead atoms. The Hall–Kier alpha value is -2.37. The average Bonchev–Trinajstić information content (AvgIpc) is 3.41. The summed E-state index contributed by atoms with van der Waals surface area (Å²) in [5, 5.41) is 8.00. The Morgan fingerprint density at radius 2 is 2.04 bits per heavy atom. The zero-order chi connectivity index (χ0) is 19.6. The summed E-state index contributed by atoms with van der Waals surface area (Å²) in [6, 6.07) is 6.20. The summed E-state index contributed by atoms with van der Waals surface area (Å²) in [6.45, 7) is 10.0. The lowest BCUT2D eigenvalue weighted by molar-refractivity contribution is 0.309. The van der Waals surface area contributed by atoms with Gasteiger partial charge in [0.15, 0.2) is 11.8 Å². The van der Waals surface area contributed by atoms with Crippen LogP contribution in [0.15, 0.2) is 29.4 Å². The Balaban J connectivity index is 1.44. The number of aryl methyl sites for hydroxylation is 2. The van der Waals surface area contributed by atoms with Gasteiger partial charge in [-0.25, -0.2) is 14.7 Å². The molecule has 2 aromatic heterocycles. The molecule has 2 aromatic rings. The van der Waals surface area contributed by atoms with Gasteiger partial charge in [0.1, 0.15) is 0 Å². The zero-order valence-electron chi connectivity index (χ0n) is 17.4. The minimum Gasteiger partial charge on any atom is -0.357 e. The predicted octanol–water partition coefficient (Wildman–Crippen LogP) is 3.62. The lowest BCUT2D eigenvalue weighted by Crippen LogP contribution is -2.41. The van der Waals surface area contributed by atoms with Crippen molar-refractivity contribution in [1.82, 2.24) is 25.0 Å². The highest BCUT2D eigenvalue weighted by molar-refractivity contribution is 5.80. The third-order valence-corrected chi connectivity index (χ3v) is 6.18. The van der Waals surface area contributed by atoms with Crippen LogP contribution in [-0.4, -0.2) is 45.3 Å². The van der Waals surface area contributed by atoms with Crippen LogP contribution in [0.2, 0.25) is 0 Å². The molecular weight excluding hydrogens is 348 g/mol. The molecule has 0 atom stereocenters. The van der Waals surface area contributed by atoms with Crippen LogP contribution in [0.3, 0.4) is 0 Å². The Kier molecular flexibility index (Phi) is 5.38. The zero-order valence-corrected chi connectivity index (χ0v) is 17.4. The van der Waals surface area contributed by atoms with E-state index in [0.29, 0.717) is 12.0 Å². The van der Waals surface area contributed by atoms with Gasteiger partial charge in [-0.3, -0.25) is 0 Å². The highest BCUT2D eigenvalue weighted by Gasteiger charge is 2.41. The second kappa shape index (κ2) is 7.94. The summed E-state index contributed by atoms with van der Waals surface area (Å²) in [4.78, 5) is 12.0. The number of guanidine groups is 1. The lowest BCUT2D eigenvalue weighted by atomic mass is 9.86. The van der Waals surface area contributed by atoms with Gasteiger partial charge < -0.3 is 10.2 Å². The first-order chi connectivity index (χ1) is 13.6. The Labute approximate surface area is 168 Å². The van der Waals surface area contributed by atoms with E-state index in [1.807, 2.05) is 23.9 Å². The maximum absolute atomic E-state index is 4.91. The Morgan fingerprint density at radius 3 is 2.68 bits per heavy atom. The molecule has 6 nitrogen and oxygen atoms in total. The monoisotopic (exact) mass is 380 g/mol. The average molecular weight is 381 g/mol. The van der Waals surface area contributed by atoms with Gasteiger partial charge in [-0.15, -0.1) is 0 Å². The number of aromatic nitrogens is 3. The molecule has 2 fully saturated rings. The summed E-state index contributed by atoms with van der Waals surface area (Å²) >= 11 is 0. The van der Waals surface area contributed by atoms with Gasteiger partial charge in [-0.2, -0.15) is 5.10 Å². The highest BCUT2D eigenvalue weighted by atomic mass is 15.3. The molecule has 0 radical (unpaired) electrons. The summed E-state index contributed by atoms with van der Waals surface area (Å²) in [6.07, 6.45) is 8.81. The van der Waals surface area contributed by atoms with E-state index in [1.165, 1.54) is 32.1 Å². The highest BCUT2D eigenvalue weighted by Crippen LogP contribution is 2.45. The van der Waals surface area contributed by atoms with Crippen LogP contribution < -0.4 is 5.32 Å². The van der Waals surface area contributed by atoms with Crippen LogP contribution in [0.4, 0.5) is 0 Å². The summed E-state index contributed by atoms with van der Waals surface area (Å²) in [5.41, 5.74) is 3.78. The third-order valence-electron chi connectivity index (χ3n) is 6.18. The minimum absolute atomic E-state index is 0.555. The van der Waals surface area contributed by atoms with Gasteiger partial charge in [0, 0.05) is 31.5 Å². The van der Waals surface area contributed by atoms with Crippen molar-refractivity contribution in [2.45, 2.75) is 59.4 Å². The van der Waals surface area contributed by atoms with E-state index in [0.717, 1.165) is 48.4 Å². The molecule has 28 heavy (non-hydrogen) atoms. The number of hydrogen-bond donors (Lipinski definition) is 1. The maximum atomic E-state index is 4.91. The van der Waals surface area contributed by atoms with Crippen molar-refractivity contribution < 1.29 is 0 Å². The predicted molar refractivity (Wildman–Crippen MR) is 113 cm³/mol. The molecule has 6 heteroatoms. The smallest absolute Gasteiger partial charge is 0.194 e. The molecule has 0 unspecified atom stereocenters. The van der Waals surface area contributed by atoms with E-state index in [4.69, 9.17) is 4.99 Å². The van der Waals surface area contributed by atoms with Crippen molar-refractivity contribution >= 4 is 5.96 Å². The van der Waals surface area contributed by atoms with Crippen LogP contribution in [0.5, 0.6) is 0 Å². The van der Waals surface area contributed by atoms with E-state index < -0.39 is 0 Å². The maximum Gasteiger partial charge on any atom is 0.194 e. The number of pyridine rings is 1. The van der Waals surface area contributed by atoms with Crippen molar-refractivity contribution in [2.24, 2.45) is 10.4 Å². The molecule has 1 saturated heterocycles. The first-order valence-electron chi connectivity index (χ1n) is 10.6. The van der Waals surface area contributed by atoms with Crippen molar-refractivity contribution in [3.63, 3.8) is 0 Å². The topological polar surface area (TPSA) is 58.3 Å². The van der Waals surface area contributed by atoms with E-state index >= 15 is 0 Å². The summed E-state index contributed by atoms with van der Waals surface area (Å²) < 4.78 is 1.89. The number of rotatable bonds is 4. The normalized spacial score (nSPS) is 19.0. The van der Waals surface area contributed by atoms with Gasteiger partial charge in [0.05, 0.1) is 12.2 Å². The van der Waals surface area contributed by atoms with Crippen LogP contribution in [0.25, 0.3) is 5.82 Å². The van der Waals surface area contributed by atoms with Crippen molar-refractivity contribution in [3.8, 4) is 5.82 Å². The molecule has 1 N–H and O–H groups in total. The molecule has 3 heterocycles. The minimum atomic E-state index is 0.555. The number of nitrogens with one attached hydrogen (secondary N) is 1. The number of aliphatic imine (C=N–C) groups is 1. The molecule has 1 aliphatic heterocycles. The fraction of sp³-hybridized carbons (Fsp3) is 0.591. The van der Waals surface area contributed by atoms with Gasteiger partial charge in [-0.05, 0) is 63.1 Å². The third kappa shape index (κ3) is 3.91. The molecule has 0 aromatic carbocycles. The summed E-state index contributed by atoms with van der Waals surface area (Å²) in [5.74, 6) is 1.90. The standard InChI is InChI=1S/C22H32N6/c1-4-23-21(27-12-11-22(16-27)9-5-6-10-22)25-15-19-7-8-20(24-14-19)28-18(3)13-17(2)26-28/h7-8,13-14H,4-6,9-12,15-16H2,1-3H3,(H,23,25). The van der Waals surface area contributed by atoms with Gasteiger partial charge in [-0.1, -0.05) is 18.9 Å². The molecule has 1 spiro atoms. The summed E-state index contributed by atoms with van der Waals surface area (Å²) in [7, 11) is 0. The van der Waals surface area contributed by atoms with Crippen molar-refractivity contribution in [2.75, 3.05) is 19.6 Å². The first-order valence-corrected chi connectivity index (χ1v) is 10.6. The van der Waals surface area contributed by atoms with E-state index in [2.05, 4.69) is 46.3 Å². The van der Waals surface area contributed by atoms with Gasteiger partial charge >= 0.3 is 0 Å². The molecule has 150 valence electrons. The van der Waals surface area contributed by atoms with E-state index in [-0.39, 0.29) is 0 Å². The fourth-order valence-corrected chi connectivity index (χ4v) is 4.74.